The zero-order chi connectivity index (χ0) is 37.3. The molecule has 0 saturated heterocycles. The van der Waals surface area contributed by atoms with Crippen LogP contribution in [0.5, 0.6) is 0 Å². The predicted octanol–water partition coefficient (Wildman–Crippen LogP) is 13.8. The third kappa shape index (κ3) is 6.42. The SMILES string of the molecule is c1ccc(-c2ccc(-c3nc(-c4cccc(-c5ccc(-c6ccccc6)cc5-c5cccc6ccccc56)c4)nc(-c4ccc5ccccc5c4)n3)cc2)cc1. The first-order valence-electron chi connectivity index (χ1n) is 18.9. The van der Waals surface area contributed by atoms with Crippen LogP contribution in [0.4, 0.5) is 0 Å². The fourth-order valence-electron chi connectivity index (χ4n) is 7.65. The minimum absolute atomic E-state index is 0.625. The number of fused-ring (bicyclic) bond motifs is 2. The lowest BCUT2D eigenvalue weighted by molar-refractivity contribution is 1.07. The minimum atomic E-state index is 0.625. The predicted molar refractivity (Wildman–Crippen MR) is 233 cm³/mol. The average Bonchev–Trinajstić information content (AvgIpc) is 3.29. The zero-order valence-electron chi connectivity index (χ0n) is 30.5. The summed E-state index contributed by atoms with van der Waals surface area (Å²) in [5.74, 6) is 1.89. The van der Waals surface area contributed by atoms with Gasteiger partial charge in [-0.3, -0.25) is 0 Å². The normalized spacial score (nSPS) is 11.2. The molecule has 0 aliphatic carbocycles. The van der Waals surface area contributed by atoms with Gasteiger partial charge in [0.2, 0.25) is 0 Å². The average molecular weight is 714 g/mol. The highest BCUT2D eigenvalue weighted by molar-refractivity contribution is 6.01. The lowest BCUT2D eigenvalue weighted by Gasteiger charge is -2.16. The molecule has 56 heavy (non-hydrogen) atoms. The lowest BCUT2D eigenvalue weighted by atomic mass is 9.88. The van der Waals surface area contributed by atoms with E-state index in [1.807, 2.05) is 6.07 Å². The van der Waals surface area contributed by atoms with Gasteiger partial charge in [0.15, 0.2) is 17.5 Å². The largest absolute Gasteiger partial charge is 0.208 e. The molecule has 3 nitrogen and oxygen atoms in total. The second kappa shape index (κ2) is 14.4. The highest BCUT2D eigenvalue weighted by atomic mass is 15.0. The van der Waals surface area contributed by atoms with Crippen LogP contribution in [0.1, 0.15) is 0 Å². The van der Waals surface area contributed by atoms with Crippen LogP contribution >= 0.6 is 0 Å². The van der Waals surface area contributed by atoms with Crippen molar-refractivity contribution in [1.82, 2.24) is 15.0 Å². The summed E-state index contributed by atoms with van der Waals surface area (Å²) in [6, 6.07) is 74.9. The van der Waals surface area contributed by atoms with Gasteiger partial charge in [-0.15, -0.1) is 0 Å². The summed E-state index contributed by atoms with van der Waals surface area (Å²) in [6.07, 6.45) is 0. The first-order valence-corrected chi connectivity index (χ1v) is 18.9. The summed E-state index contributed by atoms with van der Waals surface area (Å²) in [5, 5.41) is 4.75. The summed E-state index contributed by atoms with van der Waals surface area (Å²) in [7, 11) is 0. The molecular weight excluding hydrogens is 679 g/mol. The molecule has 0 unspecified atom stereocenters. The van der Waals surface area contributed by atoms with Gasteiger partial charge in [0.25, 0.3) is 0 Å². The number of hydrogen-bond acceptors (Lipinski definition) is 3. The molecule has 0 spiro atoms. The molecular formula is C53H35N3. The molecule has 0 bridgehead atoms. The molecule has 0 aliphatic heterocycles. The van der Waals surface area contributed by atoms with Crippen LogP contribution < -0.4 is 0 Å². The van der Waals surface area contributed by atoms with Gasteiger partial charge in [-0.1, -0.05) is 194 Å². The fraction of sp³-hybridized carbons (Fsp3) is 0. The zero-order valence-corrected chi connectivity index (χ0v) is 30.5. The Morgan fingerprint density at radius 3 is 1.45 bits per heavy atom. The van der Waals surface area contributed by atoms with Crippen LogP contribution in [0.25, 0.3) is 100 Å². The van der Waals surface area contributed by atoms with E-state index < -0.39 is 0 Å². The van der Waals surface area contributed by atoms with Crippen molar-refractivity contribution in [3.8, 4) is 78.7 Å². The molecule has 9 aromatic carbocycles. The minimum Gasteiger partial charge on any atom is -0.208 e. The van der Waals surface area contributed by atoms with Crippen molar-refractivity contribution >= 4 is 21.5 Å². The maximum Gasteiger partial charge on any atom is 0.164 e. The quantitative estimate of drug-likeness (QED) is 0.165. The van der Waals surface area contributed by atoms with Crippen LogP contribution in [-0.2, 0) is 0 Å². The molecule has 1 heterocycles. The maximum atomic E-state index is 5.16. The van der Waals surface area contributed by atoms with Gasteiger partial charge in [0, 0.05) is 16.7 Å². The fourth-order valence-corrected chi connectivity index (χ4v) is 7.65. The molecule has 3 heteroatoms. The third-order valence-corrected chi connectivity index (χ3v) is 10.5. The van der Waals surface area contributed by atoms with Gasteiger partial charge in [-0.05, 0) is 84.3 Å². The molecule has 10 rings (SSSR count). The molecule has 0 saturated carbocycles. The van der Waals surface area contributed by atoms with E-state index in [2.05, 4.69) is 206 Å². The highest BCUT2D eigenvalue weighted by Gasteiger charge is 2.17. The number of hydrogen-bond donors (Lipinski definition) is 0. The lowest BCUT2D eigenvalue weighted by Crippen LogP contribution is -2.00. The standard InChI is InChI=1S/C53H35N3/c1-3-13-36(14-4-1)39-25-28-41(29-26-39)51-54-52(56-53(55-51)46-30-27-38-17-7-8-19-42(38)33-46)45-22-11-21-44(34-45)48-32-31-43(37-15-5-2-6-16-37)35-50(48)49-24-12-20-40-18-9-10-23-47(40)49/h1-35H. The van der Waals surface area contributed by atoms with Crippen LogP contribution in [-0.4, -0.2) is 15.0 Å². The van der Waals surface area contributed by atoms with E-state index in [0.717, 1.165) is 38.8 Å². The Labute approximate surface area is 326 Å². The van der Waals surface area contributed by atoms with Crippen LogP contribution in [0.2, 0.25) is 0 Å². The third-order valence-electron chi connectivity index (χ3n) is 10.5. The molecule has 0 fully saturated rings. The van der Waals surface area contributed by atoms with E-state index in [4.69, 9.17) is 15.0 Å². The van der Waals surface area contributed by atoms with Crippen LogP contribution in [0.3, 0.4) is 0 Å². The Kier molecular flexibility index (Phi) is 8.51. The molecule has 0 aliphatic rings. The van der Waals surface area contributed by atoms with Crippen molar-refractivity contribution in [1.29, 1.82) is 0 Å². The summed E-state index contributed by atoms with van der Waals surface area (Å²) in [5.41, 5.74) is 12.1. The van der Waals surface area contributed by atoms with Crippen molar-refractivity contribution in [2.24, 2.45) is 0 Å². The highest BCUT2D eigenvalue weighted by Crippen LogP contribution is 2.40. The maximum absolute atomic E-state index is 5.16. The first kappa shape index (κ1) is 33.1. The molecule has 0 atom stereocenters. The smallest absolute Gasteiger partial charge is 0.164 e. The molecule has 0 amide bonds. The van der Waals surface area contributed by atoms with Crippen molar-refractivity contribution in [2.45, 2.75) is 0 Å². The van der Waals surface area contributed by atoms with Gasteiger partial charge in [-0.2, -0.15) is 0 Å². The van der Waals surface area contributed by atoms with Gasteiger partial charge in [-0.25, -0.2) is 15.0 Å². The number of nitrogens with zero attached hydrogens (tertiary/aromatic N) is 3. The van der Waals surface area contributed by atoms with Crippen molar-refractivity contribution in [3.05, 3.63) is 212 Å². The Bertz CT molecular complexity index is 3000. The van der Waals surface area contributed by atoms with E-state index >= 15 is 0 Å². The van der Waals surface area contributed by atoms with Gasteiger partial charge < -0.3 is 0 Å². The summed E-state index contributed by atoms with van der Waals surface area (Å²) in [6.45, 7) is 0. The second-order valence-corrected chi connectivity index (χ2v) is 14.0. The Morgan fingerprint density at radius 2 is 0.696 bits per heavy atom. The topological polar surface area (TPSA) is 38.7 Å². The monoisotopic (exact) mass is 713 g/mol. The number of benzene rings is 9. The van der Waals surface area contributed by atoms with E-state index in [1.54, 1.807) is 0 Å². The van der Waals surface area contributed by atoms with Crippen molar-refractivity contribution in [3.63, 3.8) is 0 Å². The van der Waals surface area contributed by atoms with Crippen LogP contribution in [0, 0.1) is 0 Å². The van der Waals surface area contributed by atoms with E-state index in [1.165, 1.54) is 44.0 Å². The molecule has 0 radical (unpaired) electrons. The molecule has 10 aromatic rings. The summed E-state index contributed by atoms with van der Waals surface area (Å²) >= 11 is 0. The number of rotatable bonds is 7. The van der Waals surface area contributed by atoms with Gasteiger partial charge in [0.1, 0.15) is 0 Å². The summed E-state index contributed by atoms with van der Waals surface area (Å²) in [4.78, 5) is 15.4. The Balaban J connectivity index is 1.13. The molecule has 1 aromatic heterocycles. The van der Waals surface area contributed by atoms with E-state index in [0.29, 0.717) is 17.5 Å². The van der Waals surface area contributed by atoms with Gasteiger partial charge >= 0.3 is 0 Å². The molecule has 262 valence electrons. The van der Waals surface area contributed by atoms with Crippen molar-refractivity contribution < 1.29 is 0 Å². The second-order valence-electron chi connectivity index (χ2n) is 14.0. The van der Waals surface area contributed by atoms with E-state index in [-0.39, 0.29) is 0 Å². The first-order chi connectivity index (χ1) is 27.7. The molecule has 0 N–H and O–H groups in total. The van der Waals surface area contributed by atoms with Gasteiger partial charge in [0.05, 0.1) is 0 Å². The Hall–Kier alpha value is -7.49. The van der Waals surface area contributed by atoms with E-state index in [9.17, 15) is 0 Å². The Morgan fingerprint density at radius 1 is 0.214 bits per heavy atom. The van der Waals surface area contributed by atoms with Crippen molar-refractivity contribution in [2.75, 3.05) is 0 Å². The summed E-state index contributed by atoms with van der Waals surface area (Å²) < 4.78 is 0. The van der Waals surface area contributed by atoms with Crippen LogP contribution in [0.15, 0.2) is 212 Å². The number of aromatic nitrogens is 3.